The highest BCUT2D eigenvalue weighted by Gasteiger charge is 2.21. The second kappa shape index (κ2) is 8.03. The molecular formula is C22H27N5O2. The van der Waals surface area contributed by atoms with Gasteiger partial charge in [-0.15, -0.1) is 10.2 Å². The van der Waals surface area contributed by atoms with Crippen molar-refractivity contribution in [3.8, 4) is 0 Å². The minimum Gasteiger partial charge on any atom is -0.345 e. The number of carbonyl (C=O) groups is 2. The summed E-state index contributed by atoms with van der Waals surface area (Å²) in [5.41, 5.74) is 2.40. The number of amides is 2. The summed E-state index contributed by atoms with van der Waals surface area (Å²) in [5.74, 6) is 0.0591. The maximum absolute atomic E-state index is 12.6. The highest BCUT2D eigenvalue weighted by molar-refractivity contribution is 5.97. The second-order valence-electron chi connectivity index (χ2n) is 8.24. The molecule has 0 saturated heterocycles. The number of carbonyl (C=O) groups excluding carboxylic acids is 2. The third-order valence-corrected chi connectivity index (χ3v) is 4.84. The van der Waals surface area contributed by atoms with Gasteiger partial charge in [0.15, 0.2) is 11.5 Å². The molecule has 0 bridgehead atoms. The van der Waals surface area contributed by atoms with E-state index in [1.54, 1.807) is 19.1 Å². The summed E-state index contributed by atoms with van der Waals surface area (Å²) in [7, 11) is 0. The fraction of sp³-hybridized carbons (Fsp3) is 0.364. The van der Waals surface area contributed by atoms with Crippen molar-refractivity contribution in [3.63, 3.8) is 0 Å². The van der Waals surface area contributed by atoms with Crippen molar-refractivity contribution in [3.05, 3.63) is 65.6 Å². The van der Waals surface area contributed by atoms with Gasteiger partial charge in [-0.05, 0) is 49.1 Å². The Labute approximate surface area is 170 Å². The molecule has 0 saturated carbocycles. The summed E-state index contributed by atoms with van der Waals surface area (Å²) >= 11 is 0. The van der Waals surface area contributed by atoms with Gasteiger partial charge in [-0.1, -0.05) is 39.0 Å². The first-order chi connectivity index (χ1) is 13.7. The van der Waals surface area contributed by atoms with E-state index < -0.39 is 6.04 Å². The summed E-state index contributed by atoms with van der Waals surface area (Å²) in [6.07, 6.45) is 1.85. The number of benzene rings is 1. The fourth-order valence-electron chi connectivity index (χ4n) is 3.03. The molecule has 3 rings (SSSR count). The SMILES string of the molecule is CC(NC(=O)c1ccc(C(C)(C)C)cc1)C(=O)NC(C)c1nnc2ccccn12. The fourth-order valence-corrected chi connectivity index (χ4v) is 3.03. The Morgan fingerprint density at radius 1 is 0.966 bits per heavy atom. The average molecular weight is 393 g/mol. The van der Waals surface area contributed by atoms with Crippen molar-refractivity contribution in [2.75, 3.05) is 0 Å². The van der Waals surface area contributed by atoms with E-state index in [9.17, 15) is 9.59 Å². The Balaban J connectivity index is 1.62. The average Bonchev–Trinajstić information content (AvgIpc) is 3.11. The lowest BCUT2D eigenvalue weighted by Gasteiger charge is -2.20. The van der Waals surface area contributed by atoms with Crippen LogP contribution in [0.5, 0.6) is 0 Å². The predicted octanol–water partition coefficient (Wildman–Crippen LogP) is 3.02. The zero-order valence-corrected chi connectivity index (χ0v) is 17.4. The van der Waals surface area contributed by atoms with Gasteiger partial charge in [0.25, 0.3) is 5.91 Å². The van der Waals surface area contributed by atoms with E-state index in [0.717, 1.165) is 5.56 Å². The standard InChI is InChI=1S/C22H27N5O2/c1-14(19-26-25-18-8-6-7-13-27(18)19)23-20(28)15(2)24-21(29)16-9-11-17(12-10-16)22(3,4)5/h6-15H,1-5H3,(H,23,28)(H,24,29). The van der Waals surface area contributed by atoms with Gasteiger partial charge >= 0.3 is 0 Å². The van der Waals surface area contributed by atoms with Crippen LogP contribution in [0, 0.1) is 0 Å². The first kappa shape index (κ1) is 20.5. The van der Waals surface area contributed by atoms with Crippen molar-refractivity contribution < 1.29 is 9.59 Å². The normalized spacial score (nSPS) is 13.7. The summed E-state index contributed by atoms with van der Waals surface area (Å²) in [6.45, 7) is 9.85. The lowest BCUT2D eigenvalue weighted by molar-refractivity contribution is -0.123. The molecule has 0 spiro atoms. The molecule has 2 N–H and O–H groups in total. The molecule has 2 atom stereocenters. The van der Waals surface area contributed by atoms with Gasteiger partial charge in [0, 0.05) is 11.8 Å². The van der Waals surface area contributed by atoms with Crippen LogP contribution in [0.2, 0.25) is 0 Å². The topological polar surface area (TPSA) is 88.4 Å². The van der Waals surface area contributed by atoms with Crippen LogP contribution in [0.25, 0.3) is 5.65 Å². The predicted molar refractivity (Wildman–Crippen MR) is 112 cm³/mol. The largest absolute Gasteiger partial charge is 0.345 e. The molecule has 2 amide bonds. The van der Waals surface area contributed by atoms with E-state index in [1.165, 1.54) is 0 Å². The minimum atomic E-state index is -0.688. The van der Waals surface area contributed by atoms with Crippen LogP contribution in [0.1, 0.15) is 62.4 Å². The van der Waals surface area contributed by atoms with E-state index >= 15 is 0 Å². The van der Waals surface area contributed by atoms with Gasteiger partial charge in [-0.2, -0.15) is 0 Å². The maximum atomic E-state index is 12.6. The molecule has 152 valence electrons. The molecule has 2 heterocycles. The van der Waals surface area contributed by atoms with Gasteiger partial charge < -0.3 is 10.6 Å². The number of rotatable bonds is 5. The smallest absolute Gasteiger partial charge is 0.251 e. The number of pyridine rings is 1. The van der Waals surface area contributed by atoms with Gasteiger partial charge in [-0.3, -0.25) is 14.0 Å². The van der Waals surface area contributed by atoms with Crippen molar-refractivity contribution in [2.45, 2.75) is 52.1 Å². The van der Waals surface area contributed by atoms with Crippen LogP contribution in [-0.2, 0) is 10.2 Å². The van der Waals surface area contributed by atoms with Crippen LogP contribution < -0.4 is 10.6 Å². The summed E-state index contributed by atoms with van der Waals surface area (Å²) in [6, 6.07) is 12.0. The third kappa shape index (κ3) is 4.62. The number of hydrogen-bond acceptors (Lipinski definition) is 4. The second-order valence-corrected chi connectivity index (χ2v) is 8.24. The summed E-state index contributed by atoms with van der Waals surface area (Å²) in [4.78, 5) is 25.0. The molecule has 29 heavy (non-hydrogen) atoms. The van der Waals surface area contributed by atoms with Crippen LogP contribution in [0.4, 0.5) is 0 Å². The maximum Gasteiger partial charge on any atom is 0.251 e. The lowest BCUT2D eigenvalue weighted by Crippen LogP contribution is -2.45. The molecular weight excluding hydrogens is 366 g/mol. The molecule has 7 heteroatoms. The quantitative estimate of drug-likeness (QED) is 0.697. The summed E-state index contributed by atoms with van der Waals surface area (Å²) in [5, 5.41) is 13.9. The van der Waals surface area contributed by atoms with Crippen molar-refractivity contribution in [2.24, 2.45) is 0 Å². The Morgan fingerprint density at radius 2 is 1.66 bits per heavy atom. The van der Waals surface area contributed by atoms with Crippen LogP contribution in [0.3, 0.4) is 0 Å². The van der Waals surface area contributed by atoms with Gasteiger partial charge in [0.1, 0.15) is 6.04 Å². The van der Waals surface area contributed by atoms with Crippen molar-refractivity contribution >= 4 is 17.5 Å². The molecule has 1 aromatic carbocycles. The summed E-state index contributed by atoms with van der Waals surface area (Å²) < 4.78 is 1.82. The van der Waals surface area contributed by atoms with Gasteiger partial charge in [-0.25, -0.2) is 0 Å². The number of fused-ring (bicyclic) bond motifs is 1. The highest BCUT2D eigenvalue weighted by Crippen LogP contribution is 2.22. The molecule has 7 nitrogen and oxygen atoms in total. The van der Waals surface area contributed by atoms with Crippen LogP contribution in [-0.4, -0.2) is 32.5 Å². The van der Waals surface area contributed by atoms with Crippen LogP contribution >= 0.6 is 0 Å². The van der Waals surface area contributed by atoms with Crippen LogP contribution in [0.15, 0.2) is 48.7 Å². The number of hydrogen-bond donors (Lipinski definition) is 2. The third-order valence-electron chi connectivity index (χ3n) is 4.84. The van der Waals surface area contributed by atoms with Crippen molar-refractivity contribution in [1.29, 1.82) is 0 Å². The molecule has 2 aromatic heterocycles. The van der Waals surface area contributed by atoms with E-state index in [0.29, 0.717) is 17.0 Å². The zero-order valence-electron chi connectivity index (χ0n) is 17.4. The molecule has 0 fully saturated rings. The van der Waals surface area contributed by atoms with Crippen molar-refractivity contribution in [1.82, 2.24) is 25.2 Å². The first-order valence-electron chi connectivity index (χ1n) is 9.68. The minimum absolute atomic E-state index is 0.0181. The molecule has 2 unspecified atom stereocenters. The molecule has 0 radical (unpaired) electrons. The van der Waals surface area contributed by atoms with Gasteiger partial charge in [0.2, 0.25) is 5.91 Å². The number of nitrogens with one attached hydrogen (secondary N) is 2. The monoisotopic (exact) mass is 393 g/mol. The van der Waals surface area contributed by atoms with E-state index in [4.69, 9.17) is 0 Å². The molecule has 0 aliphatic heterocycles. The Hall–Kier alpha value is -3.22. The Morgan fingerprint density at radius 3 is 2.31 bits per heavy atom. The number of aromatic nitrogens is 3. The zero-order chi connectivity index (χ0) is 21.2. The van der Waals surface area contributed by atoms with E-state index in [2.05, 4.69) is 41.6 Å². The molecule has 0 aliphatic carbocycles. The Bertz CT molecular complexity index is 1020. The lowest BCUT2D eigenvalue weighted by atomic mass is 9.86. The Kier molecular flexibility index (Phi) is 5.68. The van der Waals surface area contributed by atoms with E-state index in [1.807, 2.05) is 47.9 Å². The van der Waals surface area contributed by atoms with Gasteiger partial charge in [0.05, 0.1) is 6.04 Å². The van der Waals surface area contributed by atoms with E-state index in [-0.39, 0.29) is 23.3 Å². The first-order valence-corrected chi connectivity index (χ1v) is 9.68. The number of nitrogens with zero attached hydrogens (tertiary/aromatic N) is 3. The highest BCUT2D eigenvalue weighted by atomic mass is 16.2. The molecule has 3 aromatic rings. The molecule has 0 aliphatic rings.